The lowest BCUT2D eigenvalue weighted by Gasteiger charge is -2.07. The molecule has 1 N–H and O–H groups in total. The predicted molar refractivity (Wildman–Crippen MR) is 89.9 cm³/mol. The van der Waals surface area contributed by atoms with Crippen LogP contribution in [0.25, 0.3) is 0 Å². The number of methoxy groups -OCH3 is 1. The van der Waals surface area contributed by atoms with Gasteiger partial charge < -0.3 is 4.74 Å². The summed E-state index contributed by atoms with van der Waals surface area (Å²) in [6.07, 6.45) is 1.47. The molecule has 0 spiro atoms. The number of halogens is 3. The van der Waals surface area contributed by atoms with Crippen molar-refractivity contribution in [1.82, 2.24) is 5.43 Å². The third kappa shape index (κ3) is 4.14. The second kappa shape index (κ2) is 7.51. The molecule has 2 rings (SSSR count). The van der Waals surface area contributed by atoms with Crippen molar-refractivity contribution >= 4 is 44.0 Å². The van der Waals surface area contributed by atoms with E-state index in [1.54, 1.807) is 13.2 Å². The van der Waals surface area contributed by atoms with Crippen LogP contribution < -0.4 is 10.2 Å². The van der Waals surface area contributed by atoms with E-state index < -0.39 is 11.7 Å². The molecule has 0 aromatic heterocycles. The molecule has 0 saturated carbocycles. The van der Waals surface area contributed by atoms with E-state index in [-0.39, 0.29) is 0 Å². The lowest BCUT2D eigenvalue weighted by molar-refractivity contribution is 0.0955. The first-order valence-electron chi connectivity index (χ1n) is 6.13. The molecule has 0 heterocycles. The van der Waals surface area contributed by atoms with E-state index in [0.717, 1.165) is 8.95 Å². The normalized spacial score (nSPS) is 10.7. The summed E-state index contributed by atoms with van der Waals surface area (Å²) in [6, 6.07) is 8.84. The summed E-state index contributed by atoms with van der Waals surface area (Å²) in [5, 5.41) is 3.89. The van der Waals surface area contributed by atoms with Crippen LogP contribution in [0, 0.1) is 5.82 Å². The fourth-order valence-electron chi connectivity index (χ4n) is 1.72. The van der Waals surface area contributed by atoms with Crippen molar-refractivity contribution in [3.63, 3.8) is 0 Å². The second-order valence-electron chi connectivity index (χ2n) is 4.22. The lowest BCUT2D eigenvalue weighted by atomic mass is 10.2. The van der Waals surface area contributed by atoms with Crippen LogP contribution >= 0.6 is 31.9 Å². The fraction of sp³-hybridized carbons (Fsp3) is 0.0667. The zero-order valence-corrected chi connectivity index (χ0v) is 14.6. The minimum atomic E-state index is -0.427. The quantitative estimate of drug-likeness (QED) is 0.587. The van der Waals surface area contributed by atoms with Crippen LogP contribution in [-0.4, -0.2) is 19.2 Å². The Bertz CT molecular complexity index is 718. The van der Waals surface area contributed by atoms with Crippen LogP contribution in [-0.2, 0) is 0 Å². The van der Waals surface area contributed by atoms with Gasteiger partial charge in [0, 0.05) is 15.6 Å². The Balaban J connectivity index is 2.12. The average molecular weight is 430 g/mol. The van der Waals surface area contributed by atoms with E-state index >= 15 is 0 Å². The van der Waals surface area contributed by atoms with Crippen molar-refractivity contribution in [1.29, 1.82) is 0 Å². The molecule has 0 fully saturated rings. The molecule has 7 heteroatoms. The first kappa shape index (κ1) is 16.6. The molecule has 2 aromatic rings. The Labute approximate surface area is 143 Å². The molecule has 0 aliphatic carbocycles. The molecule has 0 bridgehead atoms. The van der Waals surface area contributed by atoms with E-state index in [1.165, 1.54) is 30.5 Å². The summed E-state index contributed by atoms with van der Waals surface area (Å²) in [4.78, 5) is 11.8. The second-order valence-corrected chi connectivity index (χ2v) is 5.99. The van der Waals surface area contributed by atoms with Crippen LogP contribution in [0.4, 0.5) is 4.39 Å². The minimum absolute atomic E-state index is 0.320. The first-order chi connectivity index (χ1) is 10.5. The van der Waals surface area contributed by atoms with Gasteiger partial charge in [-0.3, -0.25) is 4.79 Å². The number of hydrogen-bond donors (Lipinski definition) is 1. The summed E-state index contributed by atoms with van der Waals surface area (Å²) in [6.45, 7) is 0. The number of benzene rings is 2. The van der Waals surface area contributed by atoms with Crippen LogP contribution in [0.5, 0.6) is 5.75 Å². The number of amides is 1. The maximum atomic E-state index is 12.8. The summed E-state index contributed by atoms with van der Waals surface area (Å²) >= 11 is 6.75. The van der Waals surface area contributed by atoms with Crippen molar-refractivity contribution in [3.8, 4) is 5.75 Å². The van der Waals surface area contributed by atoms with Gasteiger partial charge in [0.2, 0.25) is 0 Å². The monoisotopic (exact) mass is 428 g/mol. The number of hydrogen-bond acceptors (Lipinski definition) is 3. The van der Waals surface area contributed by atoms with Gasteiger partial charge in [0.15, 0.2) is 0 Å². The topological polar surface area (TPSA) is 50.7 Å². The molecule has 2 aromatic carbocycles. The highest BCUT2D eigenvalue weighted by molar-refractivity contribution is 9.11. The van der Waals surface area contributed by atoms with Gasteiger partial charge in [-0.05, 0) is 52.3 Å². The Kier molecular flexibility index (Phi) is 5.68. The number of nitrogens with one attached hydrogen (secondary N) is 1. The number of ether oxygens (including phenoxy) is 1. The number of carbonyl (C=O) groups is 1. The summed E-state index contributed by atoms with van der Waals surface area (Å²) in [5.74, 6) is -0.226. The number of rotatable bonds is 4. The predicted octanol–water partition coefficient (Wildman–Crippen LogP) is 4.12. The molecule has 0 aliphatic rings. The largest absolute Gasteiger partial charge is 0.495 e. The molecule has 0 unspecified atom stereocenters. The first-order valence-corrected chi connectivity index (χ1v) is 7.72. The molecule has 0 atom stereocenters. The van der Waals surface area contributed by atoms with Crippen LogP contribution in [0.15, 0.2) is 50.4 Å². The van der Waals surface area contributed by atoms with Gasteiger partial charge >= 0.3 is 0 Å². The highest BCUT2D eigenvalue weighted by Crippen LogP contribution is 2.31. The highest BCUT2D eigenvalue weighted by atomic mass is 79.9. The minimum Gasteiger partial charge on any atom is -0.495 e. The summed E-state index contributed by atoms with van der Waals surface area (Å²) < 4.78 is 19.7. The van der Waals surface area contributed by atoms with E-state index in [2.05, 4.69) is 42.4 Å². The van der Waals surface area contributed by atoms with E-state index in [0.29, 0.717) is 16.9 Å². The highest BCUT2D eigenvalue weighted by Gasteiger charge is 2.08. The van der Waals surface area contributed by atoms with Crippen molar-refractivity contribution in [2.75, 3.05) is 7.11 Å². The zero-order valence-electron chi connectivity index (χ0n) is 11.4. The van der Waals surface area contributed by atoms with E-state index in [9.17, 15) is 9.18 Å². The SMILES string of the molecule is COc1c(Br)cc(Br)cc1/C=N\NC(=O)c1ccc(F)cc1. The maximum Gasteiger partial charge on any atom is 0.271 e. The number of nitrogens with zero attached hydrogens (tertiary/aromatic N) is 1. The average Bonchev–Trinajstić information content (AvgIpc) is 2.47. The molecule has 22 heavy (non-hydrogen) atoms. The molecule has 4 nitrogen and oxygen atoms in total. The Hall–Kier alpha value is -1.73. The molecule has 0 saturated heterocycles. The van der Waals surface area contributed by atoms with E-state index in [1.807, 2.05) is 6.07 Å². The molecule has 114 valence electrons. The maximum absolute atomic E-state index is 12.8. The number of hydrazone groups is 1. The molecule has 0 aliphatic heterocycles. The van der Waals surface area contributed by atoms with Gasteiger partial charge in [0.1, 0.15) is 11.6 Å². The van der Waals surface area contributed by atoms with E-state index in [4.69, 9.17) is 4.74 Å². The van der Waals surface area contributed by atoms with Crippen molar-refractivity contribution in [3.05, 3.63) is 62.3 Å². The molecule has 1 amide bonds. The standard InChI is InChI=1S/C15H11Br2FN2O2/c1-22-14-10(6-11(16)7-13(14)17)8-19-20-15(21)9-2-4-12(18)5-3-9/h2-8H,1H3,(H,20,21)/b19-8-. The Morgan fingerprint density at radius 3 is 2.59 bits per heavy atom. The van der Waals surface area contributed by atoms with Gasteiger partial charge in [-0.1, -0.05) is 15.9 Å². The Morgan fingerprint density at radius 1 is 1.27 bits per heavy atom. The molecular weight excluding hydrogens is 419 g/mol. The fourth-order valence-corrected chi connectivity index (χ4v) is 3.14. The third-order valence-corrected chi connectivity index (χ3v) is 3.76. The third-order valence-electron chi connectivity index (χ3n) is 2.72. The van der Waals surface area contributed by atoms with Crippen LogP contribution in [0.2, 0.25) is 0 Å². The van der Waals surface area contributed by atoms with Gasteiger partial charge in [0.05, 0.1) is 17.8 Å². The van der Waals surface area contributed by atoms with Gasteiger partial charge in [0.25, 0.3) is 5.91 Å². The Morgan fingerprint density at radius 2 is 1.95 bits per heavy atom. The van der Waals surface area contributed by atoms with Crippen LogP contribution in [0.1, 0.15) is 15.9 Å². The van der Waals surface area contributed by atoms with Crippen molar-refractivity contribution in [2.24, 2.45) is 5.10 Å². The summed E-state index contributed by atoms with van der Waals surface area (Å²) in [5.41, 5.74) is 3.38. The van der Waals surface area contributed by atoms with Gasteiger partial charge in [-0.15, -0.1) is 0 Å². The molecular formula is C15H11Br2FN2O2. The van der Waals surface area contributed by atoms with Crippen molar-refractivity contribution < 1.29 is 13.9 Å². The van der Waals surface area contributed by atoms with Gasteiger partial charge in [-0.2, -0.15) is 5.10 Å². The number of carbonyl (C=O) groups excluding carboxylic acids is 1. The molecule has 0 radical (unpaired) electrons. The van der Waals surface area contributed by atoms with Crippen LogP contribution in [0.3, 0.4) is 0 Å². The summed E-state index contributed by atoms with van der Waals surface area (Å²) in [7, 11) is 1.54. The lowest BCUT2D eigenvalue weighted by Crippen LogP contribution is -2.17. The van der Waals surface area contributed by atoms with Crippen molar-refractivity contribution in [2.45, 2.75) is 0 Å². The zero-order chi connectivity index (χ0) is 16.1. The smallest absolute Gasteiger partial charge is 0.271 e. The van der Waals surface area contributed by atoms with Gasteiger partial charge in [-0.25, -0.2) is 9.82 Å².